The maximum absolute atomic E-state index is 12.9. The lowest BCUT2D eigenvalue weighted by Gasteiger charge is -2.18. The first-order valence-electron chi connectivity index (χ1n) is 31.2. The van der Waals surface area contributed by atoms with E-state index in [1.54, 1.807) is 0 Å². The van der Waals surface area contributed by atoms with Gasteiger partial charge in [0.15, 0.2) is 6.10 Å². The van der Waals surface area contributed by atoms with Crippen LogP contribution in [0.1, 0.15) is 356 Å². The zero-order chi connectivity index (χ0) is 50.4. The first-order chi connectivity index (χ1) is 33.7. The van der Waals surface area contributed by atoms with Gasteiger partial charge in [0.05, 0.1) is 0 Å². The van der Waals surface area contributed by atoms with E-state index in [2.05, 4.69) is 34.6 Å². The Balaban J connectivity index is 4.23. The van der Waals surface area contributed by atoms with Crippen LogP contribution in [0, 0.1) is 11.8 Å². The molecule has 0 heterocycles. The number of unbranched alkanes of at least 4 members (excludes halogenated alkanes) is 42. The van der Waals surface area contributed by atoms with Gasteiger partial charge >= 0.3 is 17.9 Å². The third-order valence-electron chi connectivity index (χ3n) is 14.5. The van der Waals surface area contributed by atoms with Crippen LogP contribution in [-0.2, 0) is 28.6 Å². The second-order valence-electron chi connectivity index (χ2n) is 22.6. The van der Waals surface area contributed by atoms with E-state index in [0.29, 0.717) is 19.3 Å². The van der Waals surface area contributed by atoms with Gasteiger partial charge in [-0.3, -0.25) is 14.4 Å². The van der Waals surface area contributed by atoms with Crippen LogP contribution in [0.15, 0.2) is 0 Å². The monoisotopic (exact) mass is 975 g/mol. The third-order valence-corrected chi connectivity index (χ3v) is 14.5. The second-order valence-corrected chi connectivity index (χ2v) is 22.6. The Kier molecular flexibility index (Phi) is 54.4. The van der Waals surface area contributed by atoms with Crippen LogP contribution < -0.4 is 0 Å². The minimum Gasteiger partial charge on any atom is -0.462 e. The molecule has 0 aromatic carbocycles. The smallest absolute Gasteiger partial charge is 0.306 e. The highest BCUT2D eigenvalue weighted by atomic mass is 16.6. The molecule has 0 aliphatic rings. The fourth-order valence-electron chi connectivity index (χ4n) is 9.76. The van der Waals surface area contributed by atoms with Gasteiger partial charge in [0.1, 0.15) is 13.2 Å². The second kappa shape index (κ2) is 55.7. The highest BCUT2D eigenvalue weighted by Crippen LogP contribution is 2.19. The molecule has 0 N–H and O–H groups in total. The zero-order valence-corrected chi connectivity index (χ0v) is 47.5. The molecule has 0 radical (unpaired) electrons. The summed E-state index contributed by atoms with van der Waals surface area (Å²) in [6.07, 6.45) is 61.1. The maximum Gasteiger partial charge on any atom is 0.306 e. The molecule has 0 fully saturated rings. The van der Waals surface area contributed by atoms with Crippen molar-refractivity contribution in [2.75, 3.05) is 13.2 Å². The van der Waals surface area contributed by atoms with Gasteiger partial charge in [0, 0.05) is 19.3 Å². The molecule has 6 heteroatoms. The molecule has 0 unspecified atom stereocenters. The number of ether oxygens (including phenoxy) is 3. The Bertz CT molecular complexity index is 1060. The van der Waals surface area contributed by atoms with Gasteiger partial charge in [-0.15, -0.1) is 0 Å². The van der Waals surface area contributed by atoms with E-state index in [9.17, 15) is 14.4 Å². The van der Waals surface area contributed by atoms with Crippen LogP contribution in [0.25, 0.3) is 0 Å². The molecule has 6 nitrogen and oxygen atoms in total. The number of rotatable bonds is 57. The molecule has 0 aliphatic carbocycles. The Hall–Kier alpha value is -1.59. The fourth-order valence-corrected chi connectivity index (χ4v) is 9.76. The van der Waals surface area contributed by atoms with Crippen LogP contribution in [0.2, 0.25) is 0 Å². The van der Waals surface area contributed by atoms with Crippen molar-refractivity contribution in [3.05, 3.63) is 0 Å². The molecule has 0 aromatic heterocycles. The zero-order valence-electron chi connectivity index (χ0n) is 47.5. The van der Waals surface area contributed by atoms with E-state index in [-0.39, 0.29) is 31.1 Å². The third kappa shape index (κ3) is 57.2. The summed E-state index contributed by atoms with van der Waals surface area (Å²) in [7, 11) is 0. The van der Waals surface area contributed by atoms with Gasteiger partial charge in [-0.05, 0) is 31.1 Å². The van der Waals surface area contributed by atoms with Gasteiger partial charge in [-0.25, -0.2) is 0 Å². The Morgan fingerprint density at radius 3 is 0.710 bits per heavy atom. The molecule has 0 aromatic rings. The van der Waals surface area contributed by atoms with Crippen LogP contribution in [-0.4, -0.2) is 37.2 Å². The van der Waals surface area contributed by atoms with Crippen LogP contribution >= 0.6 is 0 Å². The van der Waals surface area contributed by atoms with Crippen molar-refractivity contribution in [2.24, 2.45) is 11.8 Å². The van der Waals surface area contributed by atoms with Crippen molar-refractivity contribution in [3.63, 3.8) is 0 Å². The SMILES string of the molecule is CCCCCCCCCCCCCCCCCCCCC(=O)O[C@H](COC(=O)CCCCCCCCCCCCCCCCCCCCC(C)C)COC(=O)CCCCCCCCCCCC(C)C. The first-order valence-corrected chi connectivity index (χ1v) is 31.2. The average molecular weight is 976 g/mol. The molecule has 0 bridgehead atoms. The Labute approximate surface area is 431 Å². The normalized spacial score (nSPS) is 12.0. The predicted molar refractivity (Wildman–Crippen MR) is 298 cm³/mol. The number of hydrogen-bond acceptors (Lipinski definition) is 6. The Morgan fingerprint density at radius 1 is 0.275 bits per heavy atom. The van der Waals surface area contributed by atoms with Crippen LogP contribution in [0.3, 0.4) is 0 Å². The molecule has 0 aliphatic heterocycles. The van der Waals surface area contributed by atoms with E-state index in [4.69, 9.17) is 14.2 Å². The van der Waals surface area contributed by atoms with Crippen molar-refractivity contribution in [1.29, 1.82) is 0 Å². The summed E-state index contributed by atoms with van der Waals surface area (Å²) in [5.41, 5.74) is 0. The molecular formula is C63H122O6. The molecular weight excluding hydrogens is 853 g/mol. The average Bonchev–Trinajstić information content (AvgIpc) is 3.32. The highest BCUT2D eigenvalue weighted by molar-refractivity contribution is 5.71. The van der Waals surface area contributed by atoms with E-state index in [0.717, 1.165) is 69.6 Å². The van der Waals surface area contributed by atoms with Crippen molar-refractivity contribution in [1.82, 2.24) is 0 Å². The molecule has 0 saturated carbocycles. The van der Waals surface area contributed by atoms with Crippen molar-refractivity contribution < 1.29 is 28.6 Å². The van der Waals surface area contributed by atoms with Crippen LogP contribution in [0.5, 0.6) is 0 Å². The molecule has 0 rings (SSSR count). The molecule has 69 heavy (non-hydrogen) atoms. The van der Waals surface area contributed by atoms with Crippen LogP contribution in [0.4, 0.5) is 0 Å². The summed E-state index contributed by atoms with van der Waals surface area (Å²) in [6, 6.07) is 0. The lowest BCUT2D eigenvalue weighted by molar-refractivity contribution is -0.167. The summed E-state index contributed by atoms with van der Waals surface area (Å²) >= 11 is 0. The highest BCUT2D eigenvalue weighted by Gasteiger charge is 2.19. The number of carbonyl (C=O) groups excluding carboxylic acids is 3. The molecule has 410 valence electrons. The Morgan fingerprint density at radius 2 is 0.478 bits per heavy atom. The van der Waals surface area contributed by atoms with E-state index >= 15 is 0 Å². The van der Waals surface area contributed by atoms with Gasteiger partial charge in [0.25, 0.3) is 0 Å². The minimum absolute atomic E-state index is 0.0624. The summed E-state index contributed by atoms with van der Waals surface area (Å²) in [6.45, 7) is 11.4. The maximum atomic E-state index is 12.9. The standard InChI is InChI=1S/C63H122O6/c1-6-7-8-9-10-11-12-13-14-15-19-23-26-29-34-40-45-50-55-63(66)69-60(57-68-62(65)54-49-44-39-35-30-32-37-42-47-52-59(4)5)56-67-61(64)53-48-43-38-33-28-25-22-20-17-16-18-21-24-27-31-36-41-46-51-58(2)3/h58-60H,6-57H2,1-5H3/t60-/m1/s1. The van der Waals surface area contributed by atoms with E-state index in [1.165, 1.54) is 244 Å². The number of esters is 3. The summed E-state index contributed by atoms with van der Waals surface area (Å²) < 4.78 is 16.9. The predicted octanol–water partition coefficient (Wildman–Crippen LogP) is 20.8. The van der Waals surface area contributed by atoms with Crippen molar-refractivity contribution in [3.8, 4) is 0 Å². The summed E-state index contributed by atoms with van der Waals surface area (Å²) in [5, 5.41) is 0. The molecule has 0 amide bonds. The number of carbonyl (C=O) groups is 3. The van der Waals surface area contributed by atoms with Gasteiger partial charge in [-0.1, -0.05) is 317 Å². The van der Waals surface area contributed by atoms with Gasteiger partial charge in [0.2, 0.25) is 0 Å². The topological polar surface area (TPSA) is 78.9 Å². The molecule has 0 spiro atoms. The van der Waals surface area contributed by atoms with Crippen molar-refractivity contribution >= 4 is 17.9 Å². The summed E-state index contributed by atoms with van der Waals surface area (Å²) in [5.74, 6) is 0.832. The van der Waals surface area contributed by atoms with E-state index < -0.39 is 6.10 Å². The van der Waals surface area contributed by atoms with E-state index in [1.807, 2.05) is 0 Å². The lowest BCUT2D eigenvalue weighted by Crippen LogP contribution is -2.30. The minimum atomic E-state index is -0.763. The fraction of sp³-hybridized carbons (Fsp3) is 0.952. The molecule has 0 saturated heterocycles. The lowest BCUT2D eigenvalue weighted by atomic mass is 10.0. The van der Waals surface area contributed by atoms with Gasteiger partial charge < -0.3 is 14.2 Å². The largest absolute Gasteiger partial charge is 0.462 e. The molecule has 1 atom stereocenters. The summed E-state index contributed by atoms with van der Waals surface area (Å²) in [4.78, 5) is 38.2. The first kappa shape index (κ1) is 67.4. The number of hydrogen-bond donors (Lipinski definition) is 0. The van der Waals surface area contributed by atoms with Crippen molar-refractivity contribution in [2.45, 2.75) is 362 Å². The van der Waals surface area contributed by atoms with Gasteiger partial charge in [-0.2, -0.15) is 0 Å². The quantitative estimate of drug-likeness (QED) is 0.0343.